The Balaban J connectivity index is 1.66. The van der Waals surface area contributed by atoms with Crippen molar-refractivity contribution in [1.82, 2.24) is 9.80 Å². The number of likely N-dealkylation sites (tertiary alicyclic amines) is 1. The van der Waals surface area contributed by atoms with Gasteiger partial charge in [-0.2, -0.15) is 0 Å². The highest BCUT2D eigenvalue weighted by Gasteiger charge is 2.53. The van der Waals surface area contributed by atoms with Gasteiger partial charge in [0.2, 0.25) is 11.8 Å². The highest BCUT2D eigenvalue weighted by atomic mass is 19.3. The van der Waals surface area contributed by atoms with Crippen LogP contribution in [-0.4, -0.2) is 52.8 Å². The number of halogens is 2. The molecule has 1 saturated carbocycles. The van der Waals surface area contributed by atoms with Crippen LogP contribution in [0, 0.1) is 5.92 Å². The first-order chi connectivity index (χ1) is 8.87. The summed E-state index contributed by atoms with van der Waals surface area (Å²) in [5.74, 6) is -3.04. The summed E-state index contributed by atoms with van der Waals surface area (Å²) in [6.07, 6.45) is 1.58. The molecule has 2 bridgehead atoms. The summed E-state index contributed by atoms with van der Waals surface area (Å²) in [6, 6.07) is 0.999. The second-order valence-electron chi connectivity index (χ2n) is 6.64. The summed E-state index contributed by atoms with van der Waals surface area (Å²) in [6.45, 7) is 6.15. The fourth-order valence-electron chi connectivity index (χ4n) is 3.76. The van der Waals surface area contributed by atoms with Crippen LogP contribution in [0.15, 0.2) is 0 Å². The number of carbonyl (C=O) groups is 1. The summed E-state index contributed by atoms with van der Waals surface area (Å²) in [5, 5.41) is 0. The molecule has 3 rings (SSSR count). The molecule has 19 heavy (non-hydrogen) atoms. The minimum absolute atomic E-state index is 0.0122. The van der Waals surface area contributed by atoms with E-state index in [0.29, 0.717) is 6.04 Å². The normalized spacial score (nSPS) is 34.7. The first-order valence-electron chi connectivity index (χ1n) is 7.31. The van der Waals surface area contributed by atoms with Gasteiger partial charge in [-0.1, -0.05) is 0 Å². The number of rotatable bonds is 2. The van der Waals surface area contributed by atoms with Crippen LogP contribution < -0.4 is 0 Å². The van der Waals surface area contributed by atoms with Gasteiger partial charge in [-0.25, -0.2) is 8.78 Å². The quantitative estimate of drug-likeness (QED) is 0.768. The zero-order valence-corrected chi connectivity index (χ0v) is 11.6. The van der Waals surface area contributed by atoms with Gasteiger partial charge < -0.3 is 4.90 Å². The lowest BCUT2D eigenvalue weighted by Gasteiger charge is -2.46. The third-order valence-corrected chi connectivity index (χ3v) is 4.93. The van der Waals surface area contributed by atoms with Gasteiger partial charge in [0, 0.05) is 50.0 Å². The molecular formula is C14H22F2N2O. The predicted octanol–water partition coefficient (Wildman–Crippen LogP) is 2.12. The van der Waals surface area contributed by atoms with E-state index in [1.807, 2.05) is 4.90 Å². The SMILES string of the molecule is CC(C)N1CC2CCC(C1)N2C(=O)C1CC(F)(F)C1. The molecule has 2 heterocycles. The second kappa shape index (κ2) is 4.40. The number of hydrogen-bond acceptors (Lipinski definition) is 2. The summed E-state index contributed by atoms with van der Waals surface area (Å²) in [7, 11) is 0. The number of alkyl halides is 2. The fourth-order valence-corrected chi connectivity index (χ4v) is 3.76. The molecule has 0 radical (unpaired) electrons. The van der Waals surface area contributed by atoms with Gasteiger partial charge in [-0.05, 0) is 26.7 Å². The van der Waals surface area contributed by atoms with E-state index in [4.69, 9.17) is 0 Å². The Labute approximate surface area is 112 Å². The number of hydrogen-bond donors (Lipinski definition) is 0. The van der Waals surface area contributed by atoms with Crippen molar-refractivity contribution in [2.45, 2.75) is 63.6 Å². The smallest absolute Gasteiger partial charge is 0.249 e. The molecule has 0 aromatic carbocycles. The molecule has 2 atom stereocenters. The predicted molar refractivity (Wildman–Crippen MR) is 68.0 cm³/mol. The van der Waals surface area contributed by atoms with E-state index >= 15 is 0 Å². The van der Waals surface area contributed by atoms with Crippen molar-refractivity contribution in [3.8, 4) is 0 Å². The number of nitrogens with zero attached hydrogens (tertiary/aromatic N) is 2. The minimum atomic E-state index is -2.60. The molecule has 5 heteroatoms. The van der Waals surface area contributed by atoms with Crippen LogP contribution in [0.1, 0.15) is 39.5 Å². The monoisotopic (exact) mass is 272 g/mol. The topological polar surface area (TPSA) is 23.6 Å². The van der Waals surface area contributed by atoms with Crippen molar-refractivity contribution < 1.29 is 13.6 Å². The molecule has 2 unspecified atom stereocenters. The van der Waals surface area contributed by atoms with Gasteiger partial charge in [-0.15, -0.1) is 0 Å². The van der Waals surface area contributed by atoms with Crippen LogP contribution in [-0.2, 0) is 4.79 Å². The van der Waals surface area contributed by atoms with Gasteiger partial charge in [0.25, 0.3) is 0 Å². The molecule has 0 N–H and O–H groups in total. The highest BCUT2D eigenvalue weighted by Crippen LogP contribution is 2.45. The van der Waals surface area contributed by atoms with Gasteiger partial charge in [0.05, 0.1) is 0 Å². The van der Waals surface area contributed by atoms with Gasteiger partial charge in [0.1, 0.15) is 0 Å². The number of fused-ring (bicyclic) bond motifs is 2. The molecule has 2 saturated heterocycles. The van der Waals surface area contributed by atoms with Crippen LogP contribution in [0.3, 0.4) is 0 Å². The molecule has 1 aliphatic carbocycles. The van der Waals surface area contributed by atoms with Crippen molar-refractivity contribution in [2.24, 2.45) is 5.92 Å². The molecule has 108 valence electrons. The Hall–Kier alpha value is -0.710. The molecular weight excluding hydrogens is 250 g/mol. The van der Waals surface area contributed by atoms with Crippen LogP contribution in [0.2, 0.25) is 0 Å². The van der Waals surface area contributed by atoms with Gasteiger partial charge in [0.15, 0.2) is 0 Å². The molecule has 0 aromatic rings. The molecule has 3 fully saturated rings. The standard InChI is InChI=1S/C14H22F2N2O/c1-9(2)17-7-11-3-4-12(8-17)18(11)13(19)10-5-14(15,16)6-10/h9-12H,3-8H2,1-2H3. The van der Waals surface area contributed by atoms with Crippen LogP contribution in [0.4, 0.5) is 8.78 Å². The number of piperazine rings is 1. The van der Waals surface area contributed by atoms with Crippen molar-refractivity contribution in [1.29, 1.82) is 0 Å². The van der Waals surface area contributed by atoms with Crippen molar-refractivity contribution in [3.05, 3.63) is 0 Å². The summed E-state index contributed by atoms with van der Waals surface area (Å²) < 4.78 is 25.8. The Morgan fingerprint density at radius 3 is 2.11 bits per heavy atom. The third kappa shape index (κ3) is 2.26. The summed E-state index contributed by atoms with van der Waals surface area (Å²) in [4.78, 5) is 16.7. The Morgan fingerprint density at radius 2 is 1.68 bits per heavy atom. The van der Waals surface area contributed by atoms with E-state index in [9.17, 15) is 13.6 Å². The van der Waals surface area contributed by atoms with Gasteiger partial charge >= 0.3 is 0 Å². The molecule has 1 amide bonds. The maximum Gasteiger partial charge on any atom is 0.249 e. The average molecular weight is 272 g/mol. The van der Waals surface area contributed by atoms with Crippen LogP contribution >= 0.6 is 0 Å². The van der Waals surface area contributed by atoms with Crippen molar-refractivity contribution in [2.75, 3.05) is 13.1 Å². The lowest BCUT2D eigenvalue weighted by molar-refractivity contribution is -0.165. The van der Waals surface area contributed by atoms with Gasteiger partial charge in [-0.3, -0.25) is 9.69 Å². The fraction of sp³-hybridized carbons (Fsp3) is 0.929. The Bertz CT molecular complexity index is 364. The third-order valence-electron chi connectivity index (χ3n) is 4.93. The van der Waals surface area contributed by atoms with E-state index in [1.165, 1.54) is 0 Å². The summed E-state index contributed by atoms with van der Waals surface area (Å²) in [5.41, 5.74) is 0. The minimum Gasteiger partial charge on any atom is -0.334 e. The maximum absolute atomic E-state index is 12.9. The van der Waals surface area contributed by atoms with E-state index in [2.05, 4.69) is 18.7 Å². The lowest BCUT2D eigenvalue weighted by atomic mass is 9.80. The molecule has 0 aromatic heterocycles. The van der Waals surface area contributed by atoms with E-state index < -0.39 is 11.8 Å². The highest BCUT2D eigenvalue weighted by molar-refractivity contribution is 5.81. The lowest BCUT2D eigenvalue weighted by Crippen LogP contribution is -2.60. The first-order valence-corrected chi connectivity index (χ1v) is 7.31. The average Bonchev–Trinajstić information content (AvgIpc) is 2.55. The zero-order chi connectivity index (χ0) is 13.8. The van der Waals surface area contributed by atoms with Crippen molar-refractivity contribution >= 4 is 5.91 Å². The number of amides is 1. The van der Waals surface area contributed by atoms with E-state index in [1.54, 1.807) is 0 Å². The Morgan fingerprint density at radius 1 is 1.16 bits per heavy atom. The first kappa shape index (κ1) is 13.3. The second-order valence-corrected chi connectivity index (χ2v) is 6.64. The summed E-state index contributed by atoms with van der Waals surface area (Å²) >= 11 is 0. The zero-order valence-electron chi connectivity index (χ0n) is 11.6. The number of carbonyl (C=O) groups excluding carboxylic acids is 1. The maximum atomic E-state index is 12.9. The molecule has 3 aliphatic rings. The van der Waals surface area contributed by atoms with Crippen LogP contribution in [0.25, 0.3) is 0 Å². The van der Waals surface area contributed by atoms with E-state index in [-0.39, 0.29) is 30.8 Å². The van der Waals surface area contributed by atoms with Crippen molar-refractivity contribution in [3.63, 3.8) is 0 Å². The largest absolute Gasteiger partial charge is 0.334 e. The molecule has 3 nitrogen and oxygen atoms in total. The Kier molecular flexibility index (Phi) is 3.08. The van der Waals surface area contributed by atoms with E-state index in [0.717, 1.165) is 25.9 Å². The molecule has 2 aliphatic heterocycles. The van der Waals surface area contributed by atoms with Crippen LogP contribution in [0.5, 0.6) is 0 Å². The molecule has 0 spiro atoms.